The van der Waals surface area contributed by atoms with E-state index < -0.39 is 5.82 Å². The smallest absolute Gasteiger partial charge is 0.171 e. The van der Waals surface area contributed by atoms with Crippen molar-refractivity contribution in [1.29, 1.82) is 0 Å². The minimum atomic E-state index is -0.458. The van der Waals surface area contributed by atoms with Gasteiger partial charge in [0.25, 0.3) is 0 Å². The molecule has 0 saturated heterocycles. The average Bonchev–Trinajstić information content (AvgIpc) is 2.75. The van der Waals surface area contributed by atoms with Gasteiger partial charge in [0, 0.05) is 12.1 Å². The fourth-order valence-corrected chi connectivity index (χ4v) is 1.62. The predicted octanol–water partition coefficient (Wildman–Crippen LogP) is 1.18. The number of rotatable bonds is 3. The lowest BCUT2D eigenvalue weighted by molar-refractivity contribution is 0.384. The van der Waals surface area contributed by atoms with E-state index in [1.54, 1.807) is 18.3 Å². The Balaban J connectivity index is 2.58. The Labute approximate surface area is 98.0 Å². The van der Waals surface area contributed by atoms with Crippen LogP contribution in [0, 0.1) is 12.7 Å². The first-order valence-electron chi connectivity index (χ1n) is 5.12. The molecule has 6 heteroatoms. The van der Waals surface area contributed by atoms with Crippen molar-refractivity contribution < 1.29 is 9.13 Å². The second kappa shape index (κ2) is 4.50. The SMILES string of the molecule is COc1ccc(-n2cc(C)nn2)c(CN)c1F. The van der Waals surface area contributed by atoms with Crippen LogP contribution >= 0.6 is 0 Å². The monoisotopic (exact) mass is 236 g/mol. The number of hydrogen-bond acceptors (Lipinski definition) is 4. The lowest BCUT2D eigenvalue weighted by atomic mass is 10.1. The second-order valence-electron chi connectivity index (χ2n) is 3.59. The summed E-state index contributed by atoms with van der Waals surface area (Å²) in [7, 11) is 1.41. The Bertz CT molecular complexity index is 538. The summed E-state index contributed by atoms with van der Waals surface area (Å²) in [5, 5.41) is 7.75. The summed E-state index contributed by atoms with van der Waals surface area (Å²) in [5.41, 5.74) is 7.25. The van der Waals surface area contributed by atoms with Crippen LogP contribution in [0.2, 0.25) is 0 Å². The van der Waals surface area contributed by atoms with Crippen LogP contribution in [-0.4, -0.2) is 22.1 Å². The van der Waals surface area contributed by atoms with Crippen LogP contribution in [-0.2, 0) is 6.54 Å². The van der Waals surface area contributed by atoms with Crippen LogP contribution in [0.4, 0.5) is 4.39 Å². The molecule has 0 spiro atoms. The van der Waals surface area contributed by atoms with E-state index in [0.717, 1.165) is 5.69 Å². The quantitative estimate of drug-likeness (QED) is 0.869. The Morgan fingerprint density at radius 3 is 2.76 bits per heavy atom. The van der Waals surface area contributed by atoms with Crippen LogP contribution in [0.5, 0.6) is 5.75 Å². The molecule has 2 aromatic rings. The van der Waals surface area contributed by atoms with Crippen LogP contribution in [0.1, 0.15) is 11.3 Å². The molecular formula is C11H13FN4O. The summed E-state index contributed by atoms with van der Waals surface area (Å²) in [6.07, 6.45) is 1.71. The number of aromatic nitrogens is 3. The van der Waals surface area contributed by atoms with E-state index in [0.29, 0.717) is 11.3 Å². The van der Waals surface area contributed by atoms with Gasteiger partial charge in [-0.1, -0.05) is 5.21 Å². The first-order valence-corrected chi connectivity index (χ1v) is 5.12. The van der Waals surface area contributed by atoms with Gasteiger partial charge in [0.15, 0.2) is 11.6 Å². The van der Waals surface area contributed by atoms with E-state index in [-0.39, 0.29) is 12.3 Å². The van der Waals surface area contributed by atoms with Crippen molar-refractivity contribution in [3.05, 3.63) is 35.4 Å². The van der Waals surface area contributed by atoms with Crippen molar-refractivity contribution in [1.82, 2.24) is 15.0 Å². The maximum atomic E-state index is 14.0. The summed E-state index contributed by atoms with van der Waals surface area (Å²) in [4.78, 5) is 0. The van der Waals surface area contributed by atoms with Crippen molar-refractivity contribution >= 4 is 0 Å². The highest BCUT2D eigenvalue weighted by atomic mass is 19.1. The minimum absolute atomic E-state index is 0.0667. The highest BCUT2D eigenvalue weighted by Crippen LogP contribution is 2.25. The lowest BCUT2D eigenvalue weighted by Crippen LogP contribution is -2.09. The Morgan fingerprint density at radius 2 is 2.24 bits per heavy atom. The van der Waals surface area contributed by atoms with E-state index in [1.165, 1.54) is 11.8 Å². The molecule has 0 atom stereocenters. The molecule has 0 unspecified atom stereocenters. The fraction of sp³-hybridized carbons (Fsp3) is 0.273. The molecule has 1 heterocycles. The van der Waals surface area contributed by atoms with Gasteiger partial charge in [0.2, 0.25) is 0 Å². The number of nitrogens with zero attached hydrogens (tertiary/aromatic N) is 3. The van der Waals surface area contributed by atoms with E-state index >= 15 is 0 Å². The summed E-state index contributed by atoms with van der Waals surface area (Å²) >= 11 is 0. The molecule has 0 amide bonds. The van der Waals surface area contributed by atoms with Gasteiger partial charge in [-0.25, -0.2) is 9.07 Å². The number of benzene rings is 1. The number of aryl methyl sites for hydroxylation is 1. The maximum Gasteiger partial charge on any atom is 0.171 e. The van der Waals surface area contributed by atoms with Crippen molar-refractivity contribution in [3.8, 4) is 11.4 Å². The van der Waals surface area contributed by atoms with Crippen LogP contribution in [0.3, 0.4) is 0 Å². The molecule has 0 bridgehead atoms. The zero-order valence-electron chi connectivity index (χ0n) is 9.64. The van der Waals surface area contributed by atoms with E-state index in [1.807, 2.05) is 6.92 Å². The second-order valence-corrected chi connectivity index (χ2v) is 3.59. The molecule has 0 aliphatic rings. The summed E-state index contributed by atoms with van der Waals surface area (Å²) in [6, 6.07) is 3.25. The predicted molar refractivity (Wildman–Crippen MR) is 60.5 cm³/mol. The molecular weight excluding hydrogens is 223 g/mol. The van der Waals surface area contributed by atoms with Gasteiger partial charge in [0.1, 0.15) is 0 Å². The van der Waals surface area contributed by atoms with Crippen molar-refractivity contribution in [2.45, 2.75) is 13.5 Å². The molecule has 0 saturated carbocycles. The topological polar surface area (TPSA) is 66.0 Å². The molecule has 0 fully saturated rings. The molecule has 2 rings (SSSR count). The van der Waals surface area contributed by atoms with Crippen LogP contribution < -0.4 is 10.5 Å². The maximum absolute atomic E-state index is 14.0. The van der Waals surface area contributed by atoms with Crippen molar-refractivity contribution in [2.75, 3.05) is 7.11 Å². The normalized spacial score (nSPS) is 10.6. The average molecular weight is 236 g/mol. The summed E-state index contributed by atoms with van der Waals surface area (Å²) in [5.74, 6) is -0.285. The third-order valence-electron chi connectivity index (χ3n) is 2.46. The zero-order valence-corrected chi connectivity index (χ0v) is 9.64. The molecule has 0 aliphatic carbocycles. The molecule has 1 aromatic heterocycles. The number of methoxy groups -OCH3 is 1. The van der Waals surface area contributed by atoms with Gasteiger partial charge in [0.05, 0.1) is 24.7 Å². The Kier molecular flexibility index (Phi) is 3.06. The van der Waals surface area contributed by atoms with E-state index in [2.05, 4.69) is 10.3 Å². The molecule has 5 nitrogen and oxygen atoms in total. The standard InChI is InChI=1S/C11H13FN4O/c1-7-6-16(15-14-7)9-3-4-10(17-2)11(12)8(9)5-13/h3-4,6H,5,13H2,1-2H3. The van der Waals surface area contributed by atoms with Gasteiger partial charge >= 0.3 is 0 Å². The minimum Gasteiger partial charge on any atom is -0.494 e. The third-order valence-corrected chi connectivity index (χ3v) is 2.46. The third kappa shape index (κ3) is 1.99. The van der Waals surface area contributed by atoms with E-state index in [9.17, 15) is 4.39 Å². The van der Waals surface area contributed by atoms with Crippen LogP contribution in [0.25, 0.3) is 5.69 Å². The number of nitrogens with two attached hydrogens (primary N) is 1. The number of ether oxygens (including phenoxy) is 1. The Hall–Kier alpha value is -1.95. The molecule has 17 heavy (non-hydrogen) atoms. The Morgan fingerprint density at radius 1 is 1.47 bits per heavy atom. The van der Waals surface area contributed by atoms with Gasteiger partial charge in [-0.2, -0.15) is 0 Å². The first-order chi connectivity index (χ1) is 8.17. The molecule has 0 aliphatic heterocycles. The first kappa shape index (κ1) is 11.5. The van der Waals surface area contributed by atoms with Gasteiger partial charge < -0.3 is 10.5 Å². The highest BCUT2D eigenvalue weighted by molar-refractivity contribution is 5.46. The lowest BCUT2D eigenvalue weighted by Gasteiger charge is -2.11. The molecule has 90 valence electrons. The fourth-order valence-electron chi connectivity index (χ4n) is 1.62. The molecule has 1 aromatic carbocycles. The van der Waals surface area contributed by atoms with E-state index in [4.69, 9.17) is 10.5 Å². The summed E-state index contributed by atoms with van der Waals surface area (Å²) in [6.45, 7) is 1.88. The van der Waals surface area contributed by atoms with Gasteiger partial charge in [-0.15, -0.1) is 5.10 Å². The van der Waals surface area contributed by atoms with Gasteiger partial charge in [-0.3, -0.25) is 0 Å². The van der Waals surface area contributed by atoms with Crippen molar-refractivity contribution in [2.24, 2.45) is 5.73 Å². The van der Waals surface area contributed by atoms with Crippen LogP contribution in [0.15, 0.2) is 18.3 Å². The largest absolute Gasteiger partial charge is 0.494 e. The van der Waals surface area contributed by atoms with Crippen molar-refractivity contribution in [3.63, 3.8) is 0 Å². The number of halogens is 1. The zero-order chi connectivity index (χ0) is 12.4. The molecule has 2 N–H and O–H groups in total. The number of hydrogen-bond donors (Lipinski definition) is 1. The van der Waals surface area contributed by atoms with Gasteiger partial charge in [-0.05, 0) is 19.1 Å². The summed E-state index contributed by atoms with van der Waals surface area (Å²) < 4.78 is 20.4. The highest BCUT2D eigenvalue weighted by Gasteiger charge is 2.14. The molecule has 0 radical (unpaired) electrons.